The standard InChI is InChI=1S/C13H17N3O2/c17-12-6-5-11(15-16-12)13(18)14-7-10(8-1-2-8)9-3-4-9/h5-6,8-10H,1-4,7H2,(H,14,18)(H,16,17). The minimum atomic E-state index is -0.291. The molecule has 0 aromatic carbocycles. The van der Waals surface area contributed by atoms with Crippen molar-refractivity contribution in [3.8, 4) is 0 Å². The van der Waals surface area contributed by atoms with Crippen molar-refractivity contribution in [1.82, 2.24) is 15.5 Å². The van der Waals surface area contributed by atoms with Gasteiger partial charge in [-0.15, -0.1) is 0 Å². The molecule has 2 fully saturated rings. The van der Waals surface area contributed by atoms with E-state index in [0.717, 1.165) is 18.4 Å². The number of H-pyrrole nitrogens is 1. The van der Waals surface area contributed by atoms with E-state index in [2.05, 4.69) is 15.5 Å². The SMILES string of the molecule is O=C(NCC(C1CC1)C1CC1)c1ccc(=O)[nH]n1. The summed E-state index contributed by atoms with van der Waals surface area (Å²) in [5, 5.41) is 8.94. The fraction of sp³-hybridized carbons (Fsp3) is 0.615. The zero-order valence-electron chi connectivity index (χ0n) is 10.2. The van der Waals surface area contributed by atoms with Gasteiger partial charge in [0.25, 0.3) is 11.5 Å². The zero-order valence-corrected chi connectivity index (χ0v) is 10.2. The number of nitrogens with one attached hydrogen (secondary N) is 2. The topological polar surface area (TPSA) is 74.8 Å². The van der Waals surface area contributed by atoms with Crippen LogP contribution in [0.1, 0.15) is 36.2 Å². The molecule has 3 rings (SSSR count). The number of hydrogen-bond acceptors (Lipinski definition) is 3. The fourth-order valence-electron chi connectivity index (χ4n) is 2.54. The van der Waals surface area contributed by atoms with Gasteiger partial charge in [-0.05, 0) is 49.5 Å². The predicted molar refractivity (Wildman–Crippen MR) is 66.1 cm³/mol. The first-order chi connectivity index (χ1) is 8.74. The zero-order chi connectivity index (χ0) is 12.5. The van der Waals surface area contributed by atoms with E-state index >= 15 is 0 Å². The lowest BCUT2D eigenvalue weighted by Gasteiger charge is -2.15. The number of aromatic nitrogens is 2. The summed E-state index contributed by atoms with van der Waals surface area (Å²) in [6.45, 7) is 0.745. The molecule has 1 heterocycles. The molecule has 0 aliphatic heterocycles. The van der Waals surface area contributed by atoms with Crippen molar-refractivity contribution >= 4 is 5.91 Å². The van der Waals surface area contributed by atoms with E-state index in [9.17, 15) is 9.59 Å². The van der Waals surface area contributed by atoms with Crippen LogP contribution in [0, 0.1) is 17.8 Å². The van der Waals surface area contributed by atoms with Gasteiger partial charge in [-0.2, -0.15) is 5.10 Å². The Kier molecular flexibility index (Phi) is 2.89. The van der Waals surface area contributed by atoms with E-state index in [1.165, 1.54) is 37.8 Å². The maximum Gasteiger partial charge on any atom is 0.271 e. The molecule has 0 radical (unpaired) electrons. The lowest BCUT2D eigenvalue weighted by Crippen LogP contribution is -2.32. The molecule has 2 aliphatic carbocycles. The molecule has 5 nitrogen and oxygen atoms in total. The van der Waals surface area contributed by atoms with Gasteiger partial charge < -0.3 is 5.32 Å². The van der Waals surface area contributed by atoms with Crippen molar-refractivity contribution in [3.05, 3.63) is 28.2 Å². The molecule has 0 atom stereocenters. The highest BCUT2D eigenvalue weighted by molar-refractivity contribution is 5.91. The van der Waals surface area contributed by atoms with Gasteiger partial charge >= 0.3 is 0 Å². The van der Waals surface area contributed by atoms with Crippen LogP contribution in [0.15, 0.2) is 16.9 Å². The van der Waals surface area contributed by atoms with Gasteiger partial charge in [0.2, 0.25) is 0 Å². The van der Waals surface area contributed by atoms with E-state index in [4.69, 9.17) is 0 Å². The minimum absolute atomic E-state index is 0.197. The molecule has 1 aromatic heterocycles. The Morgan fingerprint density at radius 3 is 2.50 bits per heavy atom. The Bertz CT molecular complexity index is 471. The number of carbonyl (C=O) groups excluding carboxylic acids is 1. The van der Waals surface area contributed by atoms with Crippen molar-refractivity contribution in [3.63, 3.8) is 0 Å². The van der Waals surface area contributed by atoms with Crippen LogP contribution in [0.25, 0.3) is 0 Å². The first kappa shape index (κ1) is 11.4. The normalized spacial score (nSPS) is 18.9. The number of aromatic amines is 1. The second kappa shape index (κ2) is 4.55. The predicted octanol–water partition coefficient (Wildman–Crippen LogP) is 0.936. The molecule has 18 heavy (non-hydrogen) atoms. The molecule has 96 valence electrons. The van der Waals surface area contributed by atoms with Gasteiger partial charge in [-0.1, -0.05) is 0 Å². The van der Waals surface area contributed by atoms with Crippen LogP contribution in [-0.4, -0.2) is 22.6 Å². The third kappa shape index (κ3) is 2.60. The number of amides is 1. The average Bonchev–Trinajstić information content (AvgIpc) is 3.24. The molecular weight excluding hydrogens is 230 g/mol. The van der Waals surface area contributed by atoms with Crippen molar-refractivity contribution in [2.45, 2.75) is 25.7 Å². The third-order valence-corrected chi connectivity index (χ3v) is 3.87. The van der Waals surface area contributed by atoms with Crippen molar-refractivity contribution in [2.24, 2.45) is 17.8 Å². The van der Waals surface area contributed by atoms with E-state index in [-0.39, 0.29) is 17.2 Å². The highest BCUT2D eigenvalue weighted by atomic mass is 16.2. The van der Waals surface area contributed by atoms with Gasteiger partial charge in [0.1, 0.15) is 5.69 Å². The Balaban J connectivity index is 1.57. The molecule has 1 amide bonds. The summed E-state index contributed by atoms with van der Waals surface area (Å²) in [4.78, 5) is 22.7. The van der Waals surface area contributed by atoms with Gasteiger partial charge in [0, 0.05) is 12.6 Å². The summed E-state index contributed by atoms with van der Waals surface area (Å²) in [6, 6.07) is 2.78. The number of hydrogen-bond donors (Lipinski definition) is 2. The Labute approximate surface area is 105 Å². The lowest BCUT2D eigenvalue weighted by molar-refractivity contribution is 0.0937. The third-order valence-electron chi connectivity index (χ3n) is 3.87. The lowest BCUT2D eigenvalue weighted by atomic mass is 9.98. The molecule has 0 spiro atoms. The molecule has 0 bridgehead atoms. The van der Waals surface area contributed by atoms with E-state index in [1.54, 1.807) is 0 Å². The molecular formula is C13H17N3O2. The summed E-state index contributed by atoms with van der Waals surface area (Å²) in [7, 11) is 0. The first-order valence-electron chi connectivity index (χ1n) is 6.58. The van der Waals surface area contributed by atoms with Gasteiger partial charge in [-0.25, -0.2) is 5.10 Å². The van der Waals surface area contributed by atoms with Gasteiger partial charge in [0.15, 0.2) is 0 Å². The van der Waals surface area contributed by atoms with Crippen molar-refractivity contribution in [1.29, 1.82) is 0 Å². The molecule has 2 saturated carbocycles. The number of nitrogens with zero attached hydrogens (tertiary/aromatic N) is 1. The van der Waals surface area contributed by atoms with Crippen LogP contribution >= 0.6 is 0 Å². The number of carbonyl (C=O) groups is 1. The Morgan fingerprint density at radius 2 is 2.00 bits per heavy atom. The highest BCUT2D eigenvalue weighted by Crippen LogP contribution is 2.48. The van der Waals surface area contributed by atoms with Gasteiger partial charge in [-0.3, -0.25) is 9.59 Å². The first-order valence-corrected chi connectivity index (χ1v) is 6.58. The monoisotopic (exact) mass is 247 g/mol. The van der Waals surface area contributed by atoms with Crippen LogP contribution in [0.4, 0.5) is 0 Å². The maximum atomic E-state index is 11.9. The van der Waals surface area contributed by atoms with Crippen LogP contribution in [0.3, 0.4) is 0 Å². The maximum absolute atomic E-state index is 11.9. The summed E-state index contributed by atoms with van der Waals surface area (Å²) in [6.07, 6.45) is 5.25. The van der Waals surface area contributed by atoms with Crippen LogP contribution in [0.2, 0.25) is 0 Å². The quantitative estimate of drug-likeness (QED) is 0.813. The summed E-state index contributed by atoms with van der Waals surface area (Å²) in [5.74, 6) is 2.09. The Morgan fingerprint density at radius 1 is 1.33 bits per heavy atom. The second-order valence-electron chi connectivity index (χ2n) is 5.36. The molecule has 0 unspecified atom stereocenters. The van der Waals surface area contributed by atoms with E-state index in [1.807, 2.05) is 0 Å². The number of rotatable bonds is 5. The molecule has 1 aromatic rings. The highest BCUT2D eigenvalue weighted by Gasteiger charge is 2.41. The van der Waals surface area contributed by atoms with E-state index < -0.39 is 0 Å². The van der Waals surface area contributed by atoms with Crippen LogP contribution in [0.5, 0.6) is 0 Å². The molecule has 2 aliphatic rings. The van der Waals surface area contributed by atoms with Crippen molar-refractivity contribution < 1.29 is 4.79 Å². The molecule has 5 heteroatoms. The fourth-order valence-corrected chi connectivity index (χ4v) is 2.54. The van der Waals surface area contributed by atoms with Crippen LogP contribution in [-0.2, 0) is 0 Å². The van der Waals surface area contributed by atoms with Crippen LogP contribution < -0.4 is 10.9 Å². The largest absolute Gasteiger partial charge is 0.350 e. The van der Waals surface area contributed by atoms with Gasteiger partial charge in [0.05, 0.1) is 0 Å². The Hall–Kier alpha value is -1.65. The van der Waals surface area contributed by atoms with Crippen molar-refractivity contribution in [2.75, 3.05) is 6.54 Å². The smallest absolute Gasteiger partial charge is 0.271 e. The summed E-state index contributed by atoms with van der Waals surface area (Å²) >= 11 is 0. The summed E-state index contributed by atoms with van der Waals surface area (Å²) < 4.78 is 0. The molecule has 0 saturated heterocycles. The average molecular weight is 247 g/mol. The minimum Gasteiger partial charge on any atom is -0.350 e. The van der Waals surface area contributed by atoms with E-state index in [0.29, 0.717) is 5.92 Å². The molecule has 2 N–H and O–H groups in total. The summed E-state index contributed by atoms with van der Waals surface area (Å²) in [5.41, 5.74) is -0.0136. The second-order valence-corrected chi connectivity index (χ2v) is 5.36.